The first-order chi connectivity index (χ1) is 11.0. The smallest absolute Gasteiger partial charge is 0.167 e. The van der Waals surface area contributed by atoms with E-state index in [2.05, 4.69) is 0 Å². The predicted octanol–water partition coefficient (Wildman–Crippen LogP) is 4.03. The molecule has 0 spiro atoms. The van der Waals surface area contributed by atoms with E-state index in [0.717, 1.165) is 6.07 Å². The van der Waals surface area contributed by atoms with E-state index in [1.165, 1.54) is 24.3 Å². The van der Waals surface area contributed by atoms with Crippen molar-refractivity contribution in [2.45, 2.75) is 0 Å². The van der Waals surface area contributed by atoms with E-state index in [0.29, 0.717) is 0 Å². The number of nitrogens with zero attached hydrogens (tertiary/aromatic N) is 3. The molecule has 3 rings (SSSR count). The Hall–Kier alpha value is -3.56. The van der Waals surface area contributed by atoms with Gasteiger partial charge < -0.3 is 0 Å². The van der Waals surface area contributed by atoms with Crippen LogP contribution in [-0.2, 0) is 0 Å². The topological polar surface area (TPSA) is 71.4 Å². The van der Waals surface area contributed by atoms with E-state index in [-0.39, 0.29) is 27.1 Å². The molecule has 0 aliphatic heterocycles. The van der Waals surface area contributed by atoms with Crippen molar-refractivity contribution in [2.24, 2.45) is 0 Å². The minimum absolute atomic E-state index is 0.0439. The third-order valence-electron chi connectivity index (χ3n) is 3.62. The van der Waals surface area contributed by atoms with E-state index in [9.17, 15) is 18.4 Å². The first kappa shape index (κ1) is 14.4. The summed E-state index contributed by atoms with van der Waals surface area (Å²) >= 11 is 0. The van der Waals surface area contributed by atoms with E-state index in [1.54, 1.807) is 12.1 Å². The molecule has 0 N–H and O–H groups in total. The van der Waals surface area contributed by atoms with Gasteiger partial charge in [-0.3, -0.25) is 0 Å². The summed E-state index contributed by atoms with van der Waals surface area (Å²) in [5.74, 6) is -3.59. The van der Waals surface area contributed by atoms with Gasteiger partial charge in [0.1, 0.15) is 23.8 Å². The van der Waals surface area contributed by atoms with Crippen molar-refractivity contribution in [3.05, 3.63) is 58.4 Å². The third-order valence-corrected chi connectivity index (χ3v) is 3.62. The molecule has 3 aromatic carbocycles. The van der Waals surface area contributed by atoms with Gasteiger partial charge in [-0.15, -0.1) is 0 Å². The Bertz CT molecular complexity index is 1130. The highest BCUT2D eigenvalue weighted by Gasteiger charge is 2.23. The first-order valence-electron chi connectivity index (χ1n) is 6.31. The van der Waals surface area contributed by atoms with Crippen LogP contribution < -0.4 is 0 Å². The zero-order chi connectivity index (χ0) is 16.7. The minimum atomic E-state index is -1.27. The van der Waals surface area contributed by atoms with Crippen molar-refractivity contribution in [2.75, 3.05) is 0 Å². The van der Waals surface area contributed by atoms with Crippen LogP contribution in [0.5, 0.6) is 0 Å². The molecule has 0 saturated heterocycles. The van der Waals surface area contributed by atoms with E-state index >= 15 is 0 Å². The van der Waals surface area contributed by atoms with Gasteiger partial charge in [0.05, 0.1) is 11.1 Å². The molecular formula is C17H4F3N3. The molecule has 0 radical (unpaired) electrons. The number of nitriles is 3. The quantitative estimate of drug-likeness (QED) is 0.589. The van der Waals surface area contributed by atoms with Crippen LogP contribution in [0, 0.1) is 51.4 Å². The number of hydrogen-bond donors (Lipinski definition) is 0. The van der Waals surface area contributed by atoms with Crippen molar-refractivity contribution >= 4 is 21.5 Å². The SMILES string of the molecule is N#Cc1c(C#N)c(F)c2c(ccc3ccc(F)c(F)c32)c1C#N. The standard InChI is InChI=1S/C17H4F3N3/c18-13-4-2-8-1-3-9-10(5-21)11(6-22)12(7-23)16(19)15(9)14(8)17(13)20/h1-4H. The molecular weight excluding hydrogens is 303 g/mol. The second-order valence-electron chi connectivity index (χ2n) is 4.72. The maximum absolute atomic E-state index is 14.7. The Balaban J connectivity index is 2.77. The number of rotatable bonds is 0. The molecule has 0 heterocycles. The first-order valence-corrected chi connectivity index (χ1v) is 6.31. The van der Waals surface area contributed by atoms with Crippen LogP contribution in [0.4, 0.5) is 13.2 Å². The van der Waals surface area contributed by atoms with Crippen LogP contribution in [0.1, 0.15) is 16.7 Å². The predicted molar refractivity (Wildman–Crippen MR) is 75.5 cm³/mol. The largest absolute Gasteiger partial charge is 0.205 e. The van der Waals surface area contributed by atoms with Gasteiger partial charge >= 0.3 is 0 Å². The number of benzene rings is 3. The zero-order valence-electron chi connectivity index (χ0n) is 11.3. The summed E-state index contributed by atoms with van der Waals surface area (Å²) in [5.41, 5.74) is -1.32. The average Bonchev–Trinajstić information content (AvgIpc) is 2.57. The molecule has 6 heteroatoms. The fourth-order valence-corrected chi connectivity index (χ4v) is 2.61. The molecule has 0 saturated carbocycles. The van der Waals surface area contributed by atoms with Crippen LogP contribution in [0.2, 0.25) is 0 Å². The average molecular weight is 307 g/mol. The summed E-state index contributed by atoms with van der Waals surface area (Å²) in [5, 5.41) is 26.9. The third kappa shape index (κ3) is 1.81. The normalized spacial score (nSPS) is 10.3. The molecule has 0 fully saturated rings. The number of hydrogen-bond acceptors (Lipinski definition) is 3. The lowest BCUT2D eigenvalue weighted by molar-refractivity contribution is 0.517. The molecule has 0 bridgehead atoms. The molecule has 0 unspecified atom stereocenters. The lowest BCUT2D eigenvalue weighted by Gasteiger charge is -2.11. The number of halogens is 3. The molecule has 0 aliphatic carbocycles. The van der Waals surface area contributed by atoms with E-state index in [1.807, 2.05) is 0 Å². The van der Waals surface area contributed by atoms with Crippen LogP contribution in [0.15, 0.2) is 24.3 Å². The maximum Gasteiger partial charge on any atom is 0.167 e. The van der Waals surface area contributed by atoms with E-state index in [4.69, 9.17) is 10.5 Å². The summed E-state index contributed by atoms with van der Waals surface area (Å²) in [6.45, 7) is 0. The lowest BCUT2D eigenvalue weighted by atomic mass is 9.91. The van der Waals surface area contributed by atoms with Gasteiger partial charge in [0, 0.05) is 16.2 Å². The van der Waals surface area contributed by atoms with Crippen LogP contribution in [0.25, 0.3) is 21.5 Å². The molecule has 23 heavy (non-hydrogen) atoms. The Labute approximate surface area is 128 Å². The van der Waals surface area contributed by atoms with Crippen molar-refractivity contribution in [1.82, 2.24) is 0 Å². The Morgan fingerprint density at radius 1 is 0.652 bits per heavy atom. The van der Waals surface area contributed by atoms with Gasteiger partial charge in [-0.2, -0.15) is 15.8 Å². The highest BCUT2D eigenvalue weighted by Crippen LogP contribution is 2.35. The van der Waals surface area contributed by atoms with Gasteiger partial charge in [-0.1, -0.05) is 18.2 Å². The second kappa shape index (κ2) is 5.02. The Kier molecular flexibility index (Phi) is 3.14. The van der Waals surface area contributed by atoms with Crippen molar-refractivity contribution in [3.8, 4) is 18.2 Å². The fourth-order valence-electron chi connectivity index (χ4n) is 2.61. The summed E-state index contributed by atoms with van der Waals surface area (Å²) in [6.07, 6.45) is 0. The molecule has 3 nitrogen and oxygen atoms in total. The van der Waals surface area contributed by atoms with Gasteiger partial charge in [0.2, 0.25) is 0 Å². The van der Waals surface area contributed by atoms with Crippen LogP contribution >= 0.6 is 0 Å². The number of fused-ring (bicyclic) bond motifs is 3. The molecule has 108 valence electrons. The maximum atomic E-state index is 14.7. The fraction of sp³-hybridized carbons (Fsp3) is 0. The molecule has 0 amide bonds. The summed E-state index contributed by atoms with van der Waals surface area (Å²) in [7, 11) is 0. The Morgan fingerprint density at radius 3 is 1.87 bits per heavy atom. The Morgan fingerprint density at radius 2 is 1.26 bits per heavy atom. The molecule has 0 aliphatic rings. The van der Waals surface area contributed by atoms with Crippen LogP contribution in [-0.4, -0.2) is 0 Å². The molecule has 0 aromatic heterocycles. The van der Waals surface area contributed by atoms with Gasteiger partial charge in [0.15, 0.2) is 17.5 Å². The zero-order valence-corrected chi connectivity index (χ0v) is 11.3. The van der Waals surface area contributed by atoms with Crippen molar-refractivity contribution in [1.29, 1.82) is 15.8 Å². The van der Waals surface area contributed by atoms with E-state index < -0.39 is 28.6 Å². The van der Waals surface area contributed by atoms with Gasteiger partial charge in [-0.05, 0) is 11.5 Å². The van der Waals surface area contributed by atoms with Gasteiger partial charge in [0.25, 0.3) is 0 Å². The highest BCUT2D eigenvalue weighted by molar-refractivity contribution is 6.11. The molecule has 0 atom stereocenters. The minimum Gasteiger partial charge on any atom is -0.205 e. The van der Waals surface area contributed by atoms with Gasteiger partial charge in [-0.25, -0.2) is 13.2 Å². The van der Waals surface area contributed by atoms with Crippen LogP contribution in [0.3, 0.4) is 0 Å². The summed E-state index contributed by atoms with van der Waals surface area (Å²) in [6, 6.07) is 9.78. The summed E-state index contributed by atoms with van der Waals surface area (Å²) in [4.78, 5) is 0. The van der Waals surface area contributed by atoms with Crippen molar-refractivity contribution in [3.63, 3.8) is 0 Å². The highest BCUT2D eigenvalue weighted by atomic mass is 19.2. The molecule has 3 aromatic rings. The summed E-state index contributed by atoms with van der Waals surface area (Å²) < 4.78 is 42.4. The monoisotopic (exact) mass is 307 g/mol. The lowest BCUT2D eigenvalue weighted by Crippen LogP contribution is -1.99. The second-order valence-corrected chi connectivity index (χ2v) is 4.72. The van der Waals surface area contributed by atoms with Crippen molar-refractivity contribution < 1.29 is 13.2 Å².